The summed E-state index contributed by atoms with van der Waals surface area (Å²) < 4.78 is 7.63. The lowest BCUT2D eigenvalue weighted by Gasteiger charge is -2.28. The molecule has 3 heterocycles. The topological polar surface area (TPSA) is 76.2 Å². The molecular formula is C24H29N5O2S. The number of carbonyl (C=O) groups excluding carboxylic acids is 1. The third kappa shape index (κ3) is 4.85. The molecule has 1 saturated heterocycles. The van der Waals surface area contributed by atoms with Gasteiger partial charge in [0.15, 0.2) is 5.16 Å². The average molecular weight is 452 g/mol. The van der Waals surface area contributed by atoms with Crippen LogP contribution in [0.3, 0.4) is 0 Å². The van der Waals surface area contributed by atoms with Crippen LogP contribution in [0, 0.1) is 0 Å². The van der Waals surface area contributed by atoms with Gasteiger partial charge in [-0.2, -0.15) is 0 Å². The second kappa shape index (κ2) is 9.40. The largest absolute Gasteiger partial charge is 0.467 e. The zero-order chi connectivity index (χ0) is 21.9. The van der Waals surface area contributed by atoms with Crippen molar-refractivity contribution in [3.63, 3.8) is 0 Å². The SMILES string of the molecule is CC(Sc1nnc(C2CC2)n1Cc1ccco1)C(=O)Nc1ccc(N2CCCCC2)cc1. The van der Waals surface area contributed by atoms with E-state index in [1.54, 1.807) is 6.26 Å². The number of aromatic nitrogens is 3. The molecule has 1 unspecified atom stereocenters. The number of piperidine rings is 1. The number of hydrogen-bond acceptors (Lipinski definition) is 6. The Morgan fingerprint density at radius 2 is 1.94 bits per heavy atom. The van der Waals surface area contributed by atoms with Gasteiger partial charge in [0, 0.05) is 30.4 Å². The van der Waals surface area contributed by atoms with E-state index in [1.807, 2.05) is 31.2 Å². The number of nitrogens with zero attached hydrogens (tertiary/aromatic N) is 4. The Hall–Kier alpha value is -2.74. The average Bonchev–Trinajstić information content (AvgIpc) is 3.39. The molecule has 2 aromatic heterocycles. The maximum atomic E-state index is 12.9. The van der Waals surface area contributed by atoms with Gasteiger partial charge in [-0.3, -0.25) is 9.36 Å². The molecule has 0 bridgehead atoms. The van der Waals surface area contributed by atoms with E-state index in [0.717, 1.165) is 48.4 Å². The van der Waals surface area contributed by atoms with Gasteiger partial charge in [-0.25, -0.2) is 0 Å². The van der Waals surface area contributed by atoms with Crippen molar-refractivity contribution in [3.8, 4) is 0 Å². The second-order valence-corrected chi connectivity index (χ2v) is 9.93. The van der Waals surface area contributed by atoms with Gasteiger partial charge in [0.1, 0.15) is 11.6 Å². The smallest absolute Gasteiger partial charge is 0.237 e. The highest BCUT2D eigenvalue weighted by molar-refractivity contribution is 8.00. The van der Waals surface area contributed by atoms with Gasteiger partial charge >= 0.3 is 0 Å². The quantitative estimate of drug-likeness (QED) is 0.491. The van der Waals surface area contributed by atoms with Crippen molar-refractivity contribution >= 4 is 29.0 Å². The summed E-state index contributed by atoms with van der Waals surface area (Å²) in [6.45, 7) is 4.72. The molecule has 0 radical (unpaired) electrons. The van der Waals surface area contributed by atoms with Crippen LogP contribution in [0.5, 0.6) is 0 Å². The van der Waals surface area contributed by atoms with Crippen LogP contribution in [0.2, 0.25) is 0 Å². The standard InChI is InChI=1S/C24H29N5O2S/c1-17(23(30)25-19-9-11-20(12-10-19)28-13-3-2-4-14-28)32-24-27-26-22(18-7-8-18)29(24)16-21-6-5-15-31-21/h5-6,9-12,15,17-18H,2-4,7-8,13-14,16H2,1H3,(H,25,30). The van der Waals surface area contributed by atoms with Crippen molar-refractivity contribution in [3.05, 3.63) is 54.2 Å². The Balaban J connectivity index is 1.23. The minimum atomic E-state index is -0.302. The first-order chi connectivity index (χ1) is 15.7. The number of anilines is 2. The fourth-order valence-corrected chi connectivity index (χ4v) is 4.96. The number of carbonyl (C=O) groups is 1. The molecule has 2 aliphatic rings. The van der Waals surface area contributed by atoms with Crippen molar-refractivity contribution in [2.24, 2.45) is 0 Å². The molecule has 1 atom stereocenters. The zero-order valence-corrected chi connectivity index (χ0v) is 19.2. The first-order valence-corrected chi connectivity index (χ1v) is 12.3. The Morgan fingerprint density at radius 1 is 1.16 bits per heavy atom. The number of nitrogens with one attached hydrogen (secondary N) is 1. The van der Waals surface area contributed by atoms with Gasteiger partial charge in [-0.05, 0) is 75.4 Å². The lowest BCUT2D eigenvalue weighted by Crippen LogP contribution is -2.29. The van der Waals surface area contributed by atoms with E-state index in [4.69, 9.17) is 4.42 Å². The van der Waals surface area contributed by atoms with Crippen molar-refractivity contribution in [2.75, 3.05) is 23.3 Å². The Bertz CT molecular complexity index is 1040. The van der Waals surface area contributed by atoms with Gasteiger partial charge in [0.25, 0.3) is 0 Å². The number of furan rings is 1. The second-order valence-electron chi connectivity index (χ2n) is 8.62. The molecule has 1 aromatic carbocycles. The van der Waals surface area contributed by atoms with E-state index >= 15 is 0 Å². The summed E-state index contributed by atoms with van der Waals surface area (Å²) in [5, 5.41) is 12.3. The lowest BCUT2D eigenvalue weighted by atomic mass is 10.1. The molecule has 1 aliphatic carbocycles. The summed E-state index contributed by atoms with van der Waals surface area (Å²) in [6.07, 6.45) is 7.78. The maximum Gasteiger partial charge on any atom is 0.237 e. The van der Waals surface area contributed by atoms with E-state index < -0.39 is 0 Å². The summed E-state index contributed by atoms with van der Waals surface area (Å²) >= 11 is 1.44. The van der Waals surface area contributed by atoms with E-state index in [1.165, 1.54) is 36.7 Å². The lowest BCUT2D eigenvalue weighted by molar-refractivity contribution is -0.115. The van der Waals surface area contributed by atoms with Crippen LogP contribution in [0.15, 0.2) is 52.2 Å². The maximum absolute atomic E-state index is 12.9. The summed E-state index contributed by atoms with van der Waals surface area (Å²) in [5.74, 6) is 2.28. The monoisotopic (exact) mass is 451 g/mol. The fraction of sp³-hybridized carbons (Fsp3) is 0.458. The highest BCUT2D eigenvalue weighted by Gasteiger charge is 2.31. The molecular weight excluding hydrogens is 422 g/mol. The Morgan fingerprint density at radius 3 is 2.62 bits per heavy atom. The summed E-state index contributed by atoms with van der Waals surface area (Å²) in [7, 11) is 0. The van der Waals surface area contributed by atoms with Crippen molar-refractivity contribution in [2.45, 2.75) is 61.9 Å². The minimum Gasteiger partial charge on any atom is -0.467 e. The van der Waals surface area contributed by atoms with Gasteiger partial charge in [-0.1, -0.05) is 11.8 Å². The molecule has 3 aromatic rings. The Labute approximate surface area is 192 Å². The van der Waals surface area contributed by atoms with Gasteiger partial charge < -0.3 is 14.6 Å². The predicted molar refractivity (Wildman–Crippen MR) is 126 cm³/mol. The fourth-order valence-electron chi connectivity index (χ4n) is 4.10. The summed E-state index contributed by atoms with van der Waals surface area (Å²) in [4.78, 5) is 15.3. The van der Waals surface area contributed by atoms with Crippen molar-refractivity contribution in [1.82, 2.24) is 14.8 Å². The molecule has 1 saturated carbocycles. The molecule has 7 nitrogen and oxygen atoms in total. The molecule has 0 spiro atoms. The van der Waals surface area contributed by atoms with Crippen molar-refractivity contribution < 1.29 is 9.21 Å². The first kappa shape index (κ1) is 21.1. The molecule has 1 amide bonds. The van der Waals surface area contributed by atoms with E-state index in [-0.39, 0.29) is 11.2 Å². The van der Waals surface area contributed by atoms with Crippen LogP contribution >= 0.6 is 11.8 Å². The van der Waals surface area contributed by atoms with E-state index in [9.17, 15) is 4.79 Å². The molecule has 5 rings (SSSR count). The summed E-state index contributed by atoms with van der Waals surface area (Å²) in [5.41, 5.74) is 2.04. The van der Waals surface area contributed by atoms with E-state index in [2.05, 4.69) is 37.1 Å². The number of hydrogen-bond donors (Lipinski definition) is 1. The number of amides is 1. The van der Waals surface area contributed by atoms with E-state index in [0.29, 0.717) is 12.5 Å². The molecule has 1 aliphatic heterocycles. The highest BCUT2D eigenvalue weighted by Crippen LogP contribution is 2.40. The van der Waals surface area contributed by atoms with Gasteiger partial charge in [0.2, 0.25) is 5.91 Å². The highest BCUT2D eigenvalue weighted by atomic mass is 32.2. The van der Waals surface area contributed by atoms with Crippen LogP contribution in [-0.2, 0) is 11.3 Å². The van der Waals surface area contributed by atoms with Crippen molar-refractivity contribution in [1.29, 1.82) is 0 Å². The van der Waals surface area contributed by atoms with Crippen LogP contribution in [0.25, 0.3) is 0 Å². The molecule has 32 heavy (non-hydrogen) atoms. The number of rotatable bonds is 8. The third-order valence-corrected chi connectivity index (χ3v) is 7.17. The van der Waals surface area contributed by atoms with Crippen LogP contribution in [-0.4, -0.2) is 39.0 Å². The molecule has 1 N–H and O–H groups in total. The normalized spacial score (nSPS) is 17.3. The van der Waals surface area contributed by atoms with Gasteiger partial charge in [-0.15, -0.1) is 10.2 Å². The van der Waals surface area contributed by atoms with Crippen LogP contribution in [0.4, 0.5) is 11.4 Å². The number of thioether (sulfide) groups is 1. The minimum absolute atomic E-state index is 0.0405. The molecule has 8 heteroatoms. The van der Waals surface area contributed by atoms with Gasteiger partial charge in [0.05, 0.1) is 18.1 Å². The third-order valence-electron chi connectivity index (χ3n) is 6.09. The molecule has 168 valence electrons. The summed E-state index contributed by atoms with van der Waals surface area (Å²) in [6, 6.07) is 12.0. The number of benzene rings is 1. The Kier molecular flexibility index (Phi) is 6.21. The zero-order valence-electron chi connectivity index (χ0n) is 18.4. The van der Waals surface area contributed by atoms with Crippen LogP contribution in [0.1, 0.15) is 56.5 Å². The van der Waals surface area contributed by atoms with Crippen LogP contribution < -0.4 is 10.2 Å². The predicted octanol–water partition coefficient (Wildman–Crippen LogP) is 4.91. The first-order valence-electron chi connectivity index (χ1n) is 11.5. The molecule has 2 fully saturated rings.